The quantitative estimate of drug-likeness (QED) is 0.435. The number of carbonyl (C=O) groups excluding carboxylic acids is 3. The number of halogens is 1. The average Bonchev–Trinajstić information content (AvgIpc) is 3.40. The number of para-hydroxylation sites is 1. The average molecular weight is 568 g/mol. The highest BCUT2D eigenvalue weighted by molar-refractivity contribution is 8.00. The molecule has 3 amide bonds. The van der Waals surface area contributed by atoms with Crippen LogP contribution in [0.3, 0.4) is 0 Å². The predicted octanol–water partition coefficient (Wildman–Crippen LogP) is 3.87. The summed E-state index contributed by atoms with van der Waals surface area (Å²) in [6, 6.07) is 12.5. The van der Waals surface area contributed by atoms with Gasteiger partial charge in [0.1, 0.15) is 23.4 Å². The second-order valence-corrected chi connectivity index (χ2v) is 12.0. The summed E-state index contributed by atoms with van der Waals surface area (Å²) in [6.45, 7) is 1.22. The molecular formula is C28H26FN3O5S2. The maximum atomic E-state index is 13.9. The molecule has 0 bridgehead atoms. The van der Waals surface area contributed by atoms with Crippen LogP contribution >= 0.6 is 23.1 Å². The van der Waals surface area contributed by atoms with E-state index in [2.05, 4.69) is 0 Å². The topological polar surface area (TPSA) is 88.9 Å². The molecule has 202 valence electrons. The van der Waals surface area contributed by atoms with Gasteiger partial charge in [0, 0.05) is 29.4 Å². The van der Waals surface area contributed by atoms with Gasteiger partial charge >= 0.3 is 4.87 Å². The highest BCUT2D eigenvalue weighted by Gasteiger charge is 2.57. The molecule has 1 aromatic heterocycles. The van der Waals surface area contributed by atoms with Crippen LogP contribution in [0.2, 0.25) is 0 Å². The van der Waals surface area contributed by atoms with Gasteiger partial charge in [0.15, 0.2) is 0 Å². The van der Waals surface area contributed by atoms with Crippen molar-refractivity contribution in [2.45, 2.75) is 42.0 Å². The van der Waals surface area contributed by atoms with Crippen molar-refractivity contribution in [3.63, 3.8) is 0 Å². The Morgan fingerprint density at radius 2 is 1.72 bits per heavy atom. The second kappa shape index (κ2) is 10.3. The molecule has 0 spiro atoms. The molecule has 0 aliphatic carbocycles. The van der Waals surface area contributed by atoms with Crippen molar-refractivity contribution in [1.82, 2.24) is 9.47 Å². The van der Waals surface area contributed by atoms with Crippen molar-refractivity contribution >= 4 is 46.5 Å². The van der Waals surface area contributed by atoms with Crippen molar-refractivity contribution in [1.29, 1.82) is 0 Å². The van der Waals surface area contributed by atoms with Crippen molar-refractivity contribution in [2.24, 2.45) is 5.92 Å². The number of fused-ring (bicyclic) bond motifs is 2. The number of hydrogen-bond acceptors (Lipinski definition) is 7. The fourth-order valence-corrected chi connectivity index (χ4v) is 8.50. The van der Waals surface area contributed by atoms with Crippen LogP contribution in [0, 0.1) is 11.7 Å². The van der Waals surface area contributed by atoms with Gasteiger partial charge in [-0.25, -0.2) is 9.29 Å². The lowest BCUT2D eigenvalue weighted by atomic mass is 9.82. The molecule has 11 heteroatoms. The Morgan fingerprint density at radius 3 is 2.44 bits per heavy atom. The monoisotopic (exact) mass is 567 g/mol. The van der Waals surface area contributed by atoms with E-state index in [0.717, 1.165) is 47.3 Å². The molecule has 4 heterocycles. The normalized spacial score (nSPS) is 22.6. The molecule has 0 radical (unpaired) electrons. The highest BCUT2D eigenvalue weighted by atomic mass is 32.2. The molecule has 2 aromatic carbocycles. The molecule has 2 unspecified atom stereocenters. The number of carbonyl (C=O) groups is 3. The molecule has 3 aromatic rings. The summed E-state index contributed by atoms with van der Waals surface area (Å²) in [4.78, 5) is 57.4. The van der Waals surface area contributed by atoms with Crippen LogP contribution in [0.5, 0.6) is 5.75 Å². The molecule has 2 fully saturated rings. The zero-order chi connectivity index (χ0) is 27.3. The van der Waals surface area contributed by atoms with E-state index in [4.69, 9.17) is 4.74 Å². The summed E-state index contributed by atoms with van der Waals surface area (Å²) < 4.78 is 20.7. The molecule has 3 aliphatic heterocycles. The van der Waals surface area contributed by atoms with Gasteiger partial charge in [0.2, 0.25) is 17.7 Å². The lowest BCUT2D eigenvalue weighted by Gasteiger charge is -2.32. The number of piperidine rings is 1. The summed E-state index contributed by atoms with van der Waals surface area (Å²) in [5.41, 5.74) is 0.982. The number of likely N-dealkylation sites (tertiary alicyclic amines) is 1. The van der Waals surface area contributed by atoms with E-state index in [1.165, 1.54) is 35.9 Å². The molecule has 39 heavy (non-hydrogen) atoms. The Bertz CT molecular complexity index is 1510. The number of nitrogens with zero attached hydrogens (tertiary/aromatic N) is 3. The number of thiazole rings is 1. The Kier molecular flexibility index (Phi) is 6.80. The summed E-state index contributed by atoms with van der Waals surface area (Å²) >= 11 is 2.17. The Morgan fingerprint density at radius 1 is 1.00 bits per heavy atom. The molecule has 2 saturated heterocycles. The van der Waals surface area contributed by atoms with Crippen LogP contribution in [0.4, 0.5) is 10.1 Å². The number of hydrogen-bond donors (Lipinski definition) is 0. The number of imide groups is 1. The second-order valence-electron chi connectivity index (χ2n) is 9.84. The van der Waals surface area contributed by atoms with E-state index in [1.807, 2.05) is 18.2 Å². The number of methoxy groups -OCH3 is 1. The van der Waals surface area contributed by atoms with Gasteiger partial charge in [-0.05, 0) is 49.6 Å². The first kappa shape index (κ1) is 25.8. The molecule has 6 rings (SSSR count). The first-order valence-electron chi connectivity index (χ1n) is 12.8. The lowest BCUT2D eigenvalue weighted by Crippen LogP contribution is -2.39. The molecule has 3 aliphatic rings. The summed E-state index contributed by atoms with van der Waals surface area (Å²) in [5.74, 6) is -2.34. The predicted molar refractivity (Wildman–Crippen MR) is 146 cm³/mol. The van der Waals surface area contributed by atoms with Gasteiger partial charge in [-0.3, -0.25) is 23.7 Å². The Balaban J connectivity index is 1.46. The van der Waals surface area contributed by atoms with Gasteiger partial charge in [0.25, 0.3) is 0 Å². The number of thioether (sulfide) groups is 1. The molecule has 0 saturated carbocycles. The zero-order valence-corrected chi connectivity index (χ0v) is 22.8. The first-order valence-corrected chi connectivity index (χ1v) is 14.5. The third-order valence-corrected chi connectivity index (χ3v) is 10.2. The van der Waals surface area contributed by atoms with E-state index >= 15 is 0 Å². The van der Waals surface area contributed by atoms with Crippen LogP contribution in [-0.2, 0) is 20.9 Å². The number of anilines is 1. The number of rotatable bonds is 5. The third-order valence-electron chi connectivity index (χ3n) is 7.61. The van der Waals surface area contributed by atoms with Gasteiger partial charge < -0.3 is 9.64 Å². The Labute approximate surface area is 232 Å². The van der Waals surface area contributed by atoms with Crippen molar-refractivity contribution in [2.75, 3.05) is 25.1 Å². The number of aromatic nitrogens is 1. The highest BCUT2D eigenvalue weighted by Crippen LogP contribution is 2.55. The van der Waals surface area contributed by atoms with Gasteiger partial charge in [0.05, 0.1) is 23.7 Å². The molecule has 8 nitrogen and oxygen atoms in total. The van der Waals surface area contributed by atoms with E-state index in [-0.39, 0.29) is 17.3 Å². The maximum Gasteiger partial charge on any atom is 0.308 e. The van der Waals surface area contributed by atoms with Crippen LogP contribution in [-0.4, -0.2) is 52.6 Å². The van der Waals surface area contributed by atoms with Crippen molar-refractivity contribution in [3.8, 4) is 5.75 Å². The maximum absolute atomic E-state index is 13.9. The SMILES string of the molecule is COc1ccccc1[C@H]1c2sc(=O)n(CC(=O)N3CCCCC3)c2SC2C(=O)N(c3ccc(F)cc3)C(=O)C21. The standard InChI is InChI=1S/C28H26FN3O5S2/c1-37-19-8-4-3-7-18(19)21-22-23(26(35)32(25(22)34)17-11-9-16(29)10-12-17)38-27-24(21)39-28(36)31(27)15-20(33)30-13-5-2-6-14-30/h3-4,7-12,21-23H,2,5-6,13-15H2,1H3/t21-,22?,23?/m1/s1. The molecular weight excluding hydrogens is 541 g/mol. The van der Waals surface area contributed by atoms with E-state index in [9.17, 15) is 23.6 Å². The Hall–Kier alpha value is -3.44. The lowest BCUT2D eigenvalue weighted by molar-refractivity contribution is -0.133. The minimum Gasteiger partial charge on any atom is -0.496 e. The third kappa shape index (κ3) is 4.37. The summed E-state index contributed by atoms with van der Waals surface area (Å²) in [7, 11) is 1.53. The van der Waals surface area contributed by atoms with E-state index in [1.54, 1.807) is 11.0 Å². The largest absolute Gasteiger partial charge is 0.496 e. The zero-order valence-electron chi connectivity index (χ0n) is 21.2. The van der Waals surface area contributed by atoms with Gasteiger partial charge in [-0.15, -0.1) is 0 Å². The van der Waals surface area contributed by atoms with Crippen molar-refractivity contribution < 1.29 is 23.5 Å². The van der Waals surface area contributed by atoms with Gasteiger partial charge in [-0.2, -0.15) is 0 Å². The fraction of sp³-hybridized carbons (Fsp3) is 0.357. The number of benzene rings is 2. The van der Waals surface area contributed by atoms with E-state index < -0.39 is 34.7 Å². The molecule has 0 N–H and O–H groups in total. The number of amides is 3. The van der Waals surface area contributed by atoms with Gasteiger partial charge in [-0.1, -0.05) is 41.3 Å². The minimum atomic E-state index is -0.824. The van der Waals surface area contributed by atoms with Crippen LogP contribution in [0.15, 0.2) is 58.4 Å². The summed E-state index contributed by atoms with van der Waals surface area (Å²) in [6.07, 6.45) is 2.96. The van der Waals surface area contributed by atoms with Crippen LogP contribution in [0.25, 0.3) is 0 Å². The summed E-state index contributed by atoms with van der Waals surface area (Å²) in [5, 5.41) is -0.287. The van der Waals surface area contributed by atoms with E-state index in [0.29, 0.717) is 40.0 Å². The first-order chi connectivity index (χ1) is 18.9. The van der Waals surface area contributed by atoms with Crippen LogP contribution < -0.4 is 14.5 Å². The smallest absolute Gasteiger partial charge is 0.308 e. The fourth-order valence-electron chi connectivity index (χ4n) is 5.74. The van der Waals surface area contributed by atoms with Crippen LogP contribution in [0.1, 0.15) is 35.6 Å². The molecule has 3 atom stereocenters. The minimum absolute atomic E-state index is 0.114. The van der Waals surface area contributed by atoms with Crippen molar-refractivity contribution in [3.05, 3.63) is 74.5 Å². The number of ether oxygens (including phenoxy) is 1.